The Kier molecular flexibility index (Phi) is 3.02. The molecule has 0 aliphatic carbocycles. The molecule has 3 N–H and O–H groups in total. The highest BCUT2D eigenvalue weighted by molar-refractivity contribution is 5.85. The van der Waals surface area contributed by atoms with Gasteiger partial charge in [0, 0.05) is 12.7 Å². The van der Waals surface area contributed by atoms with Gasteiger partial charge in [-0.05, 0) is 6.92 Å². The van der Waals surface area contributed by atoms with Gasteiger partial charge in [-0.2, -0.15) is 0 Å². The van der Waals surface area contributed by atoms with E-state index in [0.717, 1.165) is 0 Å². The van der Waals surface area contributed by atoms with Crippen molar-refractivity contribution in [3.63, 3.8) is 0 Å². The predicted octanol–water partition coefficient (Wildman–Crippen LogP) is 0.200. The highest BCUT2D eigenvalue weighted by atomic mass is 35.5. The average Bonchev–Trinajstić information content (AvgIpc) is 2.15. The van der Waals surface area contributed by atoms with Crippen molar-refractivity contribution >= 4 is 18.1 Å². The molecular weight excluding hydrogens is 154 g/mol. The van der Waals surface area contributed by atoms with Gasteiger partial charge >= 0.3 is 0 Å². The Morgan fingerprint density at radius 1 is 1.80 bits per heavy atom. The Balaban J connectivity index is 0.000000810. The molecule has 0 aliphatic rings. The number of nitrogen functional groups attached to an aromatic ring is 1. The topological polar surface area (TPSA) is 63.8 Å². The molecule has 0 spiro atoms. The fourth-order valence-corrected chi connectivity index (χ4v) is 0.659. The molecule has 1 aromatic rings. The average molecular weight is 164 g/mol. The number of H-pyrrole nitrogens is 1. The largest absolute Gasteiger partial charge is 0.393 e. The summed E-state index contributed by atoms with van der Waals surface area (Å²) in [6.07, 6.45) is 1.49. The standard InChI is InChI=1S/C5H9N3O.ClH/c1-2-8-5(9)4(6)3-7-8;/h3,7H,2,6H2,1H3;1H. The number of aromatic amines is 1. The van der Waals surface area contributed by atoms with Crippen LogP contribution in [-0.4, -0.2) is 9.78 Å². The Hall–Kier alpha value is -0.900. The number of aromatic nitrogens is 2. The van der Waals surface area contributed by atoms with Gasteiger partial charge in [0.15, 0.2) is 0 Å². The van der Waals surface area contributed by atoms with Crippen LogP contribution in [0.25, 0.3) is 0 Å². The highest BCUT2D eigenvalue weighted by Crippen LogP contribution is 1.86. The second kappa shape index (κ2) is 3.31. The number of anilines is 1. The van der Waals surface area contributed by atoms with E-state index in [1.165, 1.54) is 10.9 Å². The molecule has 0 unspecified atom stereocenters. The van der Waals surface area contributed by atoms with E-state index in [2.05, 4.69) is 5.10 Å². The van der Waals surface area contributed by atoms with E-state index < -0.39 is 0 Å². The fourth-order valence-electron chi connectivity index (χ4n) is 0.659. The summed E-state index contributed by atoms with van der Waals surface area (Å²) in [6, 6.07) is 0. The zero-order chi connectivity index (χ0) is 6.85. The lowest BCUT2D eigenvalue weighted by molar-refractivity contribution is 0.638. The minimum atomic E-state index is -0.141. The van der Waals surface area contributed by atoms with Crippen molar-refractivity contribution in [1.82, 2.24) is 9.78 Å². The molecule has 0 aliphatic heterocycles. The van der Waals surface area contributed by atoms with Crippen LogP contribution in [0.5, 0.6) is 0 Å². The minimum Gasteiger partial charge on any atom is -0.393 e. The van der Waals surface area contributed by atoms with Crippen molar-refractivity contribution in [2.75, 3.05) is 5.73 Å². The maximum Gasteiger partial charge on any atom is 0.289 e. The normalized spacial score (nSPS) is 8.90. The molecule has 0 fully saturated rings. The molecule has 58 valence electrons. The molecule has 0 atom stereocenters. The molecule has 4 nitrogen and oxygen atoms in total. The summed E-state index contributed by atoms with van der Waals surface area (Å²) in [5, 5.41) is 2.70. The summed E-state index contributed by atoms with van der Waals surface area (Å²) in [5.41, 5.74) is 5.39. The number of nitrogens with one attached hydrogen (secondary N) is 1. The third kappa shape index (κ3) is 1.33. The molecule has 0 amide bonds. The number of hydrogen-bond acceptors (Lipinski definition) is 2. The number of hydrogen-bond donors (Lipinski definition) is 2. The molecule has 1 aromatic heterocycles. The molecule has 0 saturated heterocycles. The van der Waals surface area contributed by atoms with E-state index in [-0.39, 0.29) is 23.7 Å². The zero-order valence-electron chi connectivity index (χ0n) is 5.63. The van der Waals surface area contributed by atoms with Crippen LogP contribution in [0.3, 0.4) is 0 Å². The van der Waals surface area contributed by atoms with E-state index in [4.69, 9.17) is 5.73 Å². The van der Waals surface area contributed by atoms with E-state index >= 15 is 0 Å². The summed E-state index contributed by atoms with van der Waals surface area (Å²) in [6.45, 7) is 2.51. The summed E-state index contributed by atoms with van der Waals surface area (Å²) < 4.78 is 1.44. The maximum atomic E-state index is 10.8. The van der Waals surface area contributed by atoms with Gasteiger partial charge in [-0.15, -0.1) is 12.4 Å². The predicted molar refractivity (Wildman–Crippen MR) is 42.4 cm³/mol. The van der Waals surface area contributed by atoms with Crippen molar-refractivity contribution in [2.45, 2.75) is 13.5 Å². The number of halogens is 1. The number of nitrogens with zero attached hydrogens (tertiary/aromatic N) is 1. The molecule has 0 saturated carbocycles. The van der Waals surface area contributed by atoms with Gasteiger partial charge in [0.05, 0.1) is 0 Å². The molecule has 0 radical (unpaired) electrons. The number of nitrogens with two attached hydrogens (primary N) is 1. The van der Waals surface area contributed by atoms with Gasteiger partial charge in [-0.3, -0.25) is 9.48 Å². The molecule has 0 bridgehead atoms. The Morgan fingerprint density at radius 3 is 2.60 bits per heavy atom. The van der Waals surface area contributed by atoms with E-state index in [9.17, 15) is 4.79 Å². The Bertz CT molecular complexity index is 252. The van der Waals surface area contributed by atoms with Crippen LogP contribution in [-0.2, 0) is 6.54 Å². The lowest BCUT2D eigenvalue weighted by Crippen LogP contribution is -2.17. The molecular formula is C5H10ClN3O. The van der Waals surface area contributed by atoms with Crippen LogP contribution in [0, 0.1) is 0 Å². The minimum absolute atomic E-state index is 0. The van der Waals surface area contributed by atoms with E-state index in [0.29, 0.717) is 6.54 Å². The first-order valence-corrected chi connectivity index (χ1v) is 2.79. The first kappa shape index (κ1) is 9.10. The van der Waals surface area contributed by atoms with Crippen LogP contribution in [0.1, 0.15) is 6.92 Å². The van der Waals surface area contributed by atoms with Crippen LogP contribution in [0.2, 0.25) is 0 Å². The molecule has 1 heterocycles. The maximum absolute atomic E-state index is 10.8. The van der Waals surface area contributed by atoms with Crippen LogP contribution in [0.15, 0.2) is 11.0 Å². The summed E-state index contributed by atoms with van der Waals surface area (Å²) in [5.74, 6) is 0. The first-order chi connectivity index (χ1) is 4.25. The van der Waals surface area contributed by atoms with Crippen LogP contribution >= 0.6 is 12.4 Å². The van der Waals surface area contributed by atoms with Gasteiger partial charge in [0.1, 0.15) is 5.69 Å². The number of rotatable bonds is 1. The van der Waals surface area contributed by atoms with Gasteiger partial charge < -0.3 is 10.8 Å². The van der Waals surface area contributed by atoms with E-state index in [1.807, 2.05) is 6.92 Å². The van der Waals surface area contributed by atoms with Crippen molar-refractivity contribution in [1.29, 1.82) is 0 Å². The fraction of sp³-hybridized carbons (Fsp3) is 0.400. The highest BCUT2D eigenvalue weighted by Gasteiger charge is 1.96. The monoisotopic (exact) mass is 163 g/mol. The van der Waals surface area contributed by atoms with Gasteiger partial charge in [-0.25, -0.2) is 0 Å². The van der Waals surface area contributed by atoms with Gasteiger partial charge in [0.25, 0.3) is 5.56 Å². The van der Waals surface area contributed by atoms with Crippen molar-refractivity contribution in [2.24, 2.45) is 0 Å². The Labute approximate surface area is 64.4 Å². The zero-order valence-corrected chi connectivity index (χ0v) is 6.44. The molecule has 0 aromatic carbocycles. The summed E-state index contributed by atoms with van der Waals surface area (Å²) in [7, 11) is 0. The summed E-state index contributed by atoms with van der Waals surface area (Å²) in [4.78, 5) is 10.8. The van der Waals surface area contributed by atoms with Crippen molar-refractivity contribution in [3.8, 4) is 0 Å². The molecule has 5 heteroatoms. The van der Waals surface area contributed by atoms with Crippen molar-refractivity contribution in [3.05, 3.63) is 16.6 Å². The van der Waals surface area contributed by atoms with E-state index in [1.54, 1.807) is 0 Å². The number of aryl methyl sites for hydroxylation is 1. The lowest BCUT2D eigenvalue weighted by atomic mass is 10.6. The second-order valence-electron chi connectivity index (χ2n) is 1.78. The smallest absolute Gasteiger partial charge is 0.289 e. The summed E-state index contributed by atoms with van der Waals surface area (Å²) >= 11 is 0. The van der Waals surface area contributed by atoms with Gasteiger partial charge in [0.2, 0.25) is 0 Å². The van der Waals surface area contributed by atoms with Gasteiger partial charge in [-0.1, -0.05) is 0 Å². The quantitative estimate of drug-likeness (QED) is 0.621. The third-order valence-electron chi connectivity index (χ3n) is 1.18. The molecule has 10 heavy (non-hydrogen) atoms. The van der Waals surface area contributed by atoms with Crippen LogP contribution < -0.4 is 11.3 Å². The first-order valence-electron chi connectivity index (χ1n) is 2.79. The van der Waals surface area contributed by atoms with Crippen LogP contribution in [0.4, 0.5) is 5.69 Å². The lowest BCUT2D eigenvalue weighted by Gasteiger charge is -1.89. The van der Waals surface area contributed by atoms with Crippen molar-refractivity contribution < 1.29 is 0 Å². The second-order valence-corrected chi connectivity index (χ2v) is 1.78. The third-order valence-corrected chi connectivity index (χ3v) is 1.18. The molecule has 1 rings (SSSR count). The SMILES string of the molecule is CCn1[nH]cc(N)c1=O.Cl. The Morgan fingerprint density at radius 2 is 2.40 bits per heavy atom.